The number of halogens is 1. The Bertz CT molecular complexity index is 434. The number of nitrogens with zero attached hydrogens (tertiary/aromatic N) is 1. The number of carbonyl (C=O) groups is 2. The first-order valence-corrected chi connectivity index (χ1v) is 8.89. The molecule has 0 aromatic carbocycles. The molecule has 2 unspecified atom stereocenters. The normalized spacial score (nSPS) is 29.3. The summed E-state index contributed by atoms with van der Waals surface area (Å²) in [5.74, 6) is 0.880. The number of hydrogen-bond acceptors (Lipinski definition) is 3. The summed E-state index contributed by atoms with van der Waals surface area (Å²) in [6, 6.07) is -0.00443. The molecule has 0 aromatic heterocycles. The molecule has 0 bridgehead atoms. The van der Waals surface area contributed by atoms with E-state index in [4.69, 9.17) is 0 Å². The third kappa shape index (κ3) is 4.18. The number of likely N-dealkylation sites (tertiary alicyclic amines) is 1. The van der Waals surface area contributed by atoms with E-state index in [2.05, 4.69) is 17.6 Å². The van der Waals surface area contributed by atoms with E-state index < -0.39 is 0 Å². The first-order valence-electron chi connectivity index (χ1n) is 8.89. The van der Waals surface area contributed by atoms with E-state index in [0.29, 0.717) is 18.4 Å². The fraction of sp³-hybridized carbons (Fsp3) is 0.882. The topological polar surface area (TPSA) is 61.4 Å². The molecule has 1 aliphatic carbocycles. The highest BCUT2D eigenvalue weighted by molar-refractivity contribution is 5.85. The van der Waals surface area contributed by atoms with E-state index in [9.17, 15) is 9.59 Å². The molecule has 0 radical (unpaired) electrons. The molecule has 23 heavy (non-hydrogen) atoms. The van der Waals surface area contributed by atoms with Crippen molar-refractivity contribution in [1.82, 2.24) is 15.5 Å². The first-order chi connectivity index (χ1) is 10.6. The second-order valence-electron chi connectivity index (χ2n) is 7.57. The van der Waals surface area contributed by atoms with E-state index in [-0.39, 0.29) is 29.8 Å². The maximum atomic E-state index is 12.6. The minimum Gasteiger partial charge on any atom is -0.354 e. The van der Waals surface area contributed by atoms with Gasteiger partial charge in [-0.3, -0.25) is 9.59 Å². The molecule has 5 nitrogen and oxygen atoms in total. The second-order valence-corrected chi connectivity index (χ2v) is 7.57. The van der Waals surface area contributed by atoms with Crippen molar-refractivity contribution in [3.05, 3.63) is 0 Å². The number of hydrogen-bond donors (Lipinski definition) is 2. The lowest BCUT2D eigenvalue weighted by Gasteiger charge is -2.43. The minimum atomic E-state index is -0.0983. The summed E-state index contributed by atoms with van der Waals surface area (Å²) in [7, 11) is 0. The summed E-state index contributed by atoms with van der Waals surface area (Å²) in [5, 5.41) is 6.31. The van der Waals surface area contributed by atoms with Gasteiger partial charge in [0.15, 0.2) is 0 Å². The Hall–Kier alpha value is -0.810. The third-order valence-corrected chi connectivity index (χ3v) is 5.72. The zero-order valence-electron chi connectivity index (χ0n) is 14.1. The van der Waals surface area contributed by atoms with Crippen LogP contribution >= 0.6 is 12.4 Å². The maximum absolute atomic E-state index is 12.6. The Morgan fingerprint density at radius 1 is 1.22 bits per heavy atom. The minimum absolute atomic E-state index is 0. The Morgan fingerprint density at radius 3 is 2.61 bits per heavy atom. The third-order valence-electron chi connectivity index (χ3n) is 5.72. The summed E-state index contributed by atoms with van der Waals surface area (Å²) in [5.41, 5.74) is -0.0983. The van der Waals surface area contributed by atoms with Crippen molar-refractivity contribution >= 4 is 24.2 Å². The van der Waals surface area contributed by atoms with Gasteiger partial charge in [0, 0.05) is 25.0 Å². The summed E-state index contributed by atoms with van der Waals surface area (Å²) >= 11 is 0. The molecule has 3 fully saturated rings. The standard InChI is InChI=1S/C17H29N3O2.ClH/c1-17(7-4-8-17)16(22)20-10-3-5-13(12-20)11-19-15(21)14-6-2-9-18-14;/h13-14,18H,2-12H2,1H3,(H,19,21);1H. The van der Waals surface area contributed by atoms with Gasteiger partial charge >= 0.3 is 0 Å². The Kier molecular flexibility index (Phi) is 6.32. The van der Waals surface area contributed by atoms with Crippen LogP contribution in [0, 0.1) is 11.3 Å². The largest absolute Gasteiger partial charge is 0.354 e. The molecule has 132 valence electrons. The summed E-state index contributed by atoms with van der Waals surface area (Å²) in [4.78, 5) is 26.7. The van der Waals surface area contributed by atoms with Gasteiger partial charge in [-0.15, -0.1) is 12.4 Å². The number of piperidine rings is 1. The van der Waals surface area contributed by atoms with E-state index in [1.165, 1.54) is 6.42 Å². The Balaban J connectivity index is 0.00000192. The van der Waals surface area contributed by atoms with Gasteiger partial charge in [0.25, 0.3) is 0 Å². The van der Waals surface area contributed by atoms with Gasteiger partial charge in [-0.25, -0.2) is 0 Å². The van der Waals surface area contributed by atoms with E-state index >= 15 is 0 Å². The molecular formula is C17H30ClN3O2. The van der Waals surface area contributed by atoms with Gasteiger partial charge in [-0.1, -0.05) is 13.3 Å². The zero-order chi connectivity index (χ0) is 15.6. The predicted octanol–water partition coefficient (Wildman–Crippen LogP) is 1.71. The van der Waals surface area contributed by atoms with Crippen molar-refractivity contribution in [2.75, 3.05) is 26.2 Å². The predicted molar refractivity (Wildman–Crippen MR) is 92.5 cm³/mol. The van der Waals surface area contributed by atoms with Crippen LogP contribution in [0.4, 0.5) is 0 Å². The molecule has 1 saturated carbocycles. The van der Waals surface area contributed by atoms with Crippen LogP contribution in [0.3, 0.4) is 0 Å². The number of rotatable bonds is 4. The zero-order valence-corrected chi connectivity index (χ0v) is 14.9. The first kappa shape index (κ1) is 18.5. The van der Waals surface area contributed by atoms with Gasteiger partial charge in [-0.2, -0.15) is 0 Å². The summed E-state index contributed by atoms with van der Waals surface area (Å²) in [6.07, 6.45) is 7.46. The van der Waals surface area contributed by atoms with Gasteiger partial charge in [0.1, 0.15) is 0 Å². The van der Waals surface area contributed by atoms with Crippen LogP contribution in [-0.2, 0) is 9.59 Å². The van der Waals surface area contributed by atoms with E-state index in [1.54, 1.807) is 0 Å². The highest BCUT2D eigenvalue weighted by Crippen LogP contribution is 2.42. The SMILES string of the molecule is CC1(C(=O)N2CCCC(CNC(=O)C3CCCN3)C2)CCC1.Cl. The van der Waals surface area contributed by atoms with Crippen molar-refractivity contribution in [3.63, 3.8) is 0 Å². The van der Waals surface area contributed by atoms with Crippen LogP contribution in [0.25, 0.3) is 0 Å². The maximum Gasteiger partial charge on any atom is 0.237 e. The fourth-order valence-electron chi connectivity index (χ4n) is 4.00. The Morgan fingerprint density at radius 2 is 2.00 bits per heavy atom. The molecule has 6 heteroatoms. The molecule has 2 atom stereocenters. The van der Waals surface area contributed by atoms with Gasteiger partial charge in [-0.05, 0) is 51.0 Å². The molecule has 2 saturated heterocycles. The smallest absolute Gasteiger partial charge is 0.237 e. The highest BCUT2D eigenvalue weighted by Gasteiger charge is 2.42. The van der Waals surface area contributed by atoms with Crippen LogP contribution in [0.5, 0.6) is 0 Å². The molecule has 2 N–H and O–H groups in total. The molecular weight excluding hydrogens is 314 g/mol. The molecule has 0 spiro atoms. The number of amides is 2. The van der Waals surface area contributed by atoms with Gasteiger partial charge in [0.2, 0.25) is 11.8 Å². The molecule has 2 amide bonds. The lowest BCUT2D eigenvalue weighted by atomic mass is 9.69. The van der Waals surface area contributed by atoms with E-state index in [0.717, 1.165) is 58.2 Å². The van der Waals surface area contributed by atoms with Gasteiger partial charge in [0.05, 0.1) is 6.04 Å². The van der Waals surface area contributed by atoms with Crippen LogP contribution in [0.15, 0.2) is 0 Å². The van der Waals surface area contributed by atoms with Crippen LogP contribution in [0.2, 0.25) is 0 Å². The van der Waals surface area contributed by atoms with E-state index in [1.807, 2.05) is 4.90 Å². The molecule has 0 aromatic rings. The van der Waals surface area contributed by atoms with Gasteiger partial charge < -0.3 is 15.5 Å². The average Bonchev–Trinajstić information content (AvgIpc) is 3.04. The number of carbonyl (C=O) groups excluding carboxylic acids is 2. The summed E-state index contributed by atoms with van der Waals surface area (Å²) in [6.45, 7) is 5.46. The number of nitrogens with one attached hydrogen (secondary N) is 2. The van der Waals surface area contributed by atoms with Crippen molar-refractivity contribution < 1.29 is 9.59 Å². The lowest BCUT2D eigenvalue weighted by Crippen LogP contribution is -2.51. The highest BCUT2D eigenvalue weighted by atomic mass is 35.5. The lowest BCUT2D eigenvalue weighted by molar-refractivity contribution is -0.147. The second kappa shape index (κ2) is 7.84. The Labute approximate surface area is 145 Å². The van der Waals surface area contributed by atoms with Crippen molar-refractivity contribution in [2.24, 2.45) is 11.3 Å². The van der Waals surface area contributed by atoms with Crippen molar-refractivity contribution in [2.45, 2.75) is 57.9 Å². The summed E-state index contributed by atoms with van der Waals surface area (Å²) < 4.78 is 0. The van der Waals surface area contributed by atoms with Crippen molar-refractivity contribution in [3.8, 4) is 0 Å². The molecule has 2 heterocycles. The van der Waals surface area contributed by atoms with Crippen LogP contribution in [0.1, 0.15) is 51.9 Å². The average molecular weight is 344 g/mol. The fourth-order valence-corrected chi connectivity index (χ4v) is 4.00. The van der Waals surface area contributed by atoms with Crippen LogP contribution < -0.4 is 10.6 Å². The monoisotopic (exact) mass is 343 g/mol. The van der Waals surface area contributed by atoms with Crippen LogP contribution in [-0.4, -0.2) is 48.9 Å². The van der Waals surface area contributed by atoms with Crippen molar-refractivity contribution in [1.29, 1.82) is 0 Å². The molecule has 3 aliphatic rings. The quantitative estimate of drug-likeness (QED) is 0.816. The molecule has 2 aliphatic heterocycles. The molecule has 3 rings (SSSR count).